The monoisotopic (exact) mass is 411 g/mol. The average Bonchev–Trinajstić information content (AvgIpc) is 2.63. The van der Waals surface area contributed by atoms with Crippen molar-refractivity contribution in [1.29, 1.82) is 0 Å². The largest absolute Gasteiger partial charge is 0.496 e. The fourth-order valence-electron chi connectivity index (χ4n) is 2.35. The molecule has 1 N–H and O–H groups in total. The van der Waals surface area contributed by atoms with E-state index in [2.05, 4.69) is 10.1 Å². The number of hydrogen-bond acceptors (Lipinski definition) is 5. The van der Waals surface area contributed by atoms with Crippen molar-refractivity contribution in [3.05, 3.63) is 45.9 Å². The van der Waals surface area contributed by atoms with Crippen LogP contribution in [0.4, 0.5) is 5.69 Å². The Morgan fingerprint density at radius 3 is 2.19 bits per heavy atom. The summed E-state index contributed by atoms with van der Waals surface area (Å²) in [5.74, 6) is -0.207. The van der Waals surface area contributed by atoms with Crippen LogP contribution in [-0.2, 0) is 14.3 Å². The molecule has 2 aromatic rings. The molecule has 0 heterocycles. The van der Waals surface area contributed by atoms with Crippen LogP contribution < -0.4 is 14.8 Å². The van der Waals surface area contributed by atoms with Gasteiger partial charge in [0.2, 0.25) is 0 Å². The maximum absolute atomic E-state index is 11.6. The average molecular weight is 412 g/mol. The van der Waals surface area contributed by atoms with Crippen LogP contribution in [-0.4, -0.2) is 26.1 Å². The molecular formula is C19H19Cl2NO5. The number of methoxy groups -OCH3 is 2. The predicted molar refractivity (Wildman–Crippen MR) is 104 cm³/mol. The van der Waals surface area contributed by atoms with Crippen LogP contribution in [0.15, 0.2) is 30.3 Å². The Morgan fingerprint density at radius 2 is 1.67 bits per heavy atom. The SMILES string of the molecule is COC(=O)C(=O)Nc1cc(Cl)c(Oc2ccc(OC)c(C(C)C)c2)c(Cl)c1. The molecule has 0 fully saturated rings. The molecule has 0 aliphatic heterocycles. The van der Waals surface area contributed by atoms with Gasteiger partial charge in [-0.1, -0.05) is 37.0 Å². The second-order valence-corrected chi connectivity index (χ2v) is 6.69. The fourth-order valence-corrected chi connectivity index (χ4v) is 2.91. The summed E-state index contributed by atoms with van der Waals surface area (Å²) in [6.07, 6.45) is 0. The highest BCUT2D eigenvalue weighted by Crippen LogP contribution is 2.40. The predicted octanol–water partition coefficient (Wildman–Crippen LogP) is 5.03. The van der Waals surface area contributed by atoms with Gasteiger partial charge in [0.1, 0.15) is 11.5 Å². The molecule has 0 atom stereocenters. The highest BCUT2D eigenvalue weighted by Gasteiger charge is 2.17. The molecule has 0 aromatic heterocycles. The highest BCUT2D eigenvalue weighted by molar-refractivity contribution is 6.39. The molecule has 6 nitrogen and oxygen atoms in total. The molecule has 0 bridgehead atoms. The van der Waals surface area contributed by atoms with E-state index in [1.807, 2.05) is 19.9 Å². The van der Waals surface area contributed by atoms with E-state index in [4.69, 9.17) is 32.7 Å². The first-order valence-electron chi connectivity index (χ1n) is 8.01. The number of hydrogen-bond donors (Lipinski definition) is 1. The van der Waals surface area contributed by atoms with Gasteiger partial charge in [-0.15, -0.1) is 0 Å². The third-order valence-corrected chi connectivity index (χ3v) is 4.23. The summed E-state index contributed by atoms with van der Waals surface area (Å²) in [5.41, 5.74) is 1.22. The molecule has 27 heavy (non-hydrogen) atoms. The number of amides is 1. The number of nitrogens with one attached hydrogen (secondary N) is 1. The molecule has 0 aliphatic carbocycles. The molecule has 0 radical (unpaired) electrons. The number of rotatable bonds is 5. The van der Waals surface area contributed by atoms with Gasteiger partial charge in [0.05, 0.1) is 24.3 Å². The van der Waals surface area contributed by atoms with Crippen LogP contribution in [0.3, 0.4) is 0 Å². The number of anilines is 1. The Morgan fingerprint density at radius 1 is 1.04 bits per heavy atom. The summed E-state index contributed by atoms with van der Waals surface area (Å²) in [6, 6.07) is 8.25. The van der Waals surface area contributed by atoms with Crippen LogP contribution in [0.2, 0.25) is 10.0 Å². The van der Waals surface area contributed by atoms with Crippen molar-refractivity contribution < 1.29 is 23.8 Å². The van der Waals surface area contributed by atoms with Crippen LogP contribution in [0.25, 0.3) is 0 Å². The number of carbonyl (C=O) groups excluding carboxylic acids is 2. The lowest BCUT2D eigenvalue weighted by atomic mass is 10.0. The van der Waals surface area contributed by atoms with Gasteiger partial charge in [-0.05, 0) is 36.2 Å². The molecule has 0 aliphatic rings. The minimum Gasteiger partial charge on any atom is -0.496 e. The fraction of sp³-hybridized carbons (Fsp3) is 0.263. The van der Waals surface area contributed by atoms with E-state index in [1.165, 1.54) is 12.1 Å². The molecule has 0 saturated carbocycles. The smallest absolute Gasteiger partial charge is 0.396 e. The molecule has 0 saturated heterocycles. The lowest BCUT2D eigenvalue weighted by molar-refractivity contribution is -0.150. The normalized spacial score (nSPS) is 10.5. The standard InChI is InChI=1S/C19H19Cl2NO5/c1-10(2)13-9-12(5-6-16(13)25-3)27-17-14(20)7-11(8-15(17)21)22-18(23)19(24)26-4/h5-10H,1-4H3,(H,22,23). The van der Waals surface area contributed by atoms with Crippen molar-refractivity contribution in [2.75, 3.05) is 19.5 Å². The van der Waals surface area contributed by atoms with Gasteiger partial charge in [-0.2, -0.15) is 0 Å². The van der Waals surface area contributed by atoms with Crippen molar-refractivity contribution in [1.82, 2.24) is 0 Å². The van der Waals surface area contributed by atoms with E-state index in [0.717, 1.165) is 18.4 Å². The quantitative estimate of drug-likeness (QED) is 0.551. The van der Waals surface area contributed by atoms with E-state index in [-0.39, 0.29) is 27.4 Å². The summed E-state index contributed by atoms with van der Waals surface area (Å²) in [4.78, 5) is 22.8. The number of benzene rings is 2. The number of esters is 1. The topological polar surface area (TPSA) is 73.9 Å². The third-order valence-electron chi connectivity index (χ3n) is 3.67. The van der Waals surface area contributed by atoms with Crippen molar-refractivity contribution >= 4 is 40.8 Å². The lowest BCUT2D eigenvalue weighted by Crippen LogP contribution is -2.23. The van der Waals surface area contributed by atoms with Crippen molar-refractivity contribution in [2.24, 2.45) is 0 Å². The van der Waals surface area contributed by atoms with E-state index in [1.54, 1.807) is 19.2 Å². The van der Waals surface area contributed by atoms with Crippen LogP contribution in [0.5, 0.6) is 17.2 Å². The summed E-state index contributed by atoms with van der Waals surface area (Å²) >= 11 is 12.5. The lowest BCUT2D eigenvalue weighted by Gasteiger charge is -2.16. The number of ether oxygens (including phenoxy) is 3. The molecule has 8 heteroatoms. The first-order valence-corrected chi connectivity index (χ1v) is 8.76. The van der Waals surface area contributed by atoms with Crippen molar-refractivity contribution in [2.45, 2.75) is 19.8 Å². The third kappa shape index (κ3) is 5.05. The van der Waals surface area contributed by atoms with Crippen LogP contribution in [0.1, 0.15) is 25.3 Å². The van der Waals surface area contributed by atoms with Crippen LogP contribution in [0, 0.1) is 0 Å². The van der Waals surface area contributed by atoms with E-state index in [9.17, 15) is 9.59 Å². The molecule has 144 valence electrons. The second-order valence-electron chi connectivity index (χ2n) is 5.88. The Balaban J connectivity index is 2.29. The first kappa shape index (κ1) is 20.9. The molecule has 2 rings (SSSR count). The van der Waals surface area contributed by atoms with Crippen LogP contribution >= 0.6 is 23.2 Å². The van der Waals surface area contributed by atoms with Gasteiger partial charge >= 0.3 is 11.9 Å². The van der Waals surface area contributed by atoms with E-state index in [0.29, 0.717) is 5.75 Å². The van der Waals surface area contributed by atoms with Crippen molar-refractivity contribution in [3.8, 4) is 17.2 Å². The second kappa shape index (κ2) is 8.97. The van der Waals surface area contributed by atoms with E-state index >= 15 is 0 Å². The number of carbonyl (C=O) groups is 2. The summed E-state index contributed by atoms with van der Waals surface area (Å²) < 4.78 is 15.5. The first-order chi connectivity index (χ1) is 12.8. The Kier molecular flexibility index (Phi) is 6.93. The maximum atomic E-state index is 11.6. The summed E-state index contributed by atoms with van der Waals surface area (Å²) in [5, 5.41) is 2.69. The molecule has 0 spiro atoms. The minimum atomic E-state index is -1.03. The zero-order valence-corrected chi connectivity index (χ0v) is 16.8. The Hall–Kier alpha value is -2.44. The highest BCUT2D eigenvalue weighted by atomic mass is 35.5. The zero-order valence-electron chi connectivity index (χ0n) is 15.3. The van der Waals surface area contributed by atoms with Gasteiger partial charge in [0.15, 0.2) is 5.75 Å². The molecule has 2 aromatic carbocycles. The number of halogens is 2. The Labute approximate surface area is 167 Å². The Bertz CT molecular complexity index is 844. The van der Waals surface area contributed by atoms with Gasteiger partial charge in [-0.25, -0.2) is 4.79 Å². The molecule has 1 amide bonds. The van der Waals surface area contributed by atoms with Crippen molar-refractivity contribution in [3.63, 3.8) is 0 Å². The maximum Gasteiger partial charge on any atom is 0.396 e. The van der Waals surface area contributed by atoms with Gasteiger partial charge in [-0.3, -0.25) is 4.79 Å². The van der Waals surface area contributed by atoms with Gasteiger partial charge < -0.3 is 19.5 Å². The summed E-state index contributed by atoms with van der Waals surface area (Å²) in [6.45, 7) is 4.08. The molecule has 0 unspecified atom stereocenters. The van der Waals surface area contributed by atoms with E-state index < -0.39 is 11.9 Å². The van der Waals surface area contributed by atoms with Gasteiger partial charge in [0, 0.05) is 11.3 Å². The van der Waals surface area contributed by atoms with Gasteiger partial charge in [0.25, 0.3) is 0 Å². The zero-order chi connectivity index (χ0) is 20.1. The molecular weight excluding hydrogens is 393 g/mol. The minimum absolute atomic E-state index is 0.171. The summed E-state index contributed by atoms with van der Waals surface area (Å²) in [7, 11) is 2.72.